The predicted molar refractivity (Wildman–Crippen MR) is 75.3 cm³/mol. The van der Waals surface area contributed by atoms with E-state index in [1.807, 2.05) is 6.26 Å². The molecule has 18 heavy (non-hydrogen) atoms. The van der Waals surface area contributed by atoms with Crippen LogP contribution in [0.3, 0.4) is 0 Å². The van der Waals surface area contributed by atoms with Crippen LogP contribution in [-0.4, -0.2) is 38.1 Å². The van der Waals surface area contributed by atoms with Crippen molar-refractivity contribution >= 4 is 16.7 Å². The number of benzene rings is 1. The number of aryl methyl sites for hydroxylation is 1. The first kappa shape index (κ1) is 11.6. The van der Waals surface area contributed by atoms with Crippen LogP contribution >= 0.6 is 0 Å². The minimum Gasteiger partial charge on any atom is -0.462 e. The van der Waals surface area contributed by atoms with Gasteiger partial charge in [0.15, 0.2) is 0 Å². The zero-order valence-electron chi connectivity index (χ0n) is 11.1. The third-order valence-corrected chi connectivity index (χ3v) is 3.87. The minimum absolute atomic E-state index is 1.00. The Hall–Kier alpha value is -1.48. The first-order valence-corrected chi connectivity index (χ1v) is 6.71. The molecule has 1 saturated heterocycles. The number of furan rings is 1. The van der Waals surface area contributed by atoms with Crippen LogP contribution in [0.15, 0.2) is 28.9 Å². The minimum atomic E-state index is 1.00. The Morgan fingerprint density at radius 1 is 1.17 bits per heavy atom. The fourth-order valence-electron chi connectivity index (χ4n) is 2.58. The molecule has 1 aliphatic rings. The van der Waals surface area contributed by atoms with Gasteiger partial charge in [0.25, 0.3) is 0 Å². The van der Waals surface area contributed by atoms with Gasteiger partial charge in [0.2, 0.25) is 0 Å². The molecular formula is C15H20N2O. The van der Waals surface area contributed by atoms with Crippen molar-refractivity contribution in [3.8, 4) is 0 Å². The second-order valence-corrected chi connectivity index (χ2v) is 5.10. The van der Waals surface area contributed by atoms with Gasteiger partial charge in [-0.2, -0.15) is 0 Å². The zero-order chi connectivity index (χ0) is 12.5. The van der Waals surface area contributed by atoms with Gasteiger partial charge in [-0.3, -0.25) is 0 Å². The smallest absolute Gasteiger partial charge is 0.136 e. The molecule has 3 heteroatoms. The highest BCUT2D eigenvalue weighted by Gasteiger charge is 2.18. The van der Waals surface area contributed by atoms with E-state index in [2.05, 4.69) is 42.0 Å². The molecule has 3 rings (SSSR count). The molecule has 3 nitrogen and oxygen atoms in total. The maximum Gasteiger partial charge on any atom is 0.136 e. The summed E-state index contributed by atoms with van der Waals surface area (Å²) in [6.45, 7) is 6.61. The SMILES string of the molecule is CCc1ccc2occ(N3CCN(C)CC3)c2c1. The lowest BCUT2D eigenvalue weighted by atomic mass is 10.1. The maximum atomic E-state index is 5.67. The maximum absolute atomic E-state index is 5.67. The number of hydrogen-bond donors (Lipinski definition) is 0. The van der Waals surface area contributed by atoms with Crippen LogP contribution in [-0.2, 0) is 6.42 Å². The number of hydrogen-bond acceptors (Lipinski definition) is 3. The highest BCUT2D eigenvalue weighted by Crippen LogP contribution is 2.30. The number of likely N-dealkylation sites (N-methyl/N-ethyl adjacent to an activating group) is 1. The predicted octanol–water partition coefficient (Wildman–Crippen LogP) is 2.75. The molecule has 2 aromatic rings. The second-order valence-electron chi connectivity index (χ2n) is 5.10. The Labute approximate surface area is 108 Å². The van der Waals surface area contributed by atoms with Gasteiger partial charge in [-0.1, -0.05) is 13.0 Å². The molecule has 1 fully saturated rings. The lowest BCUT2D eigenvalue weighted by Gasteiger charge is -2.33. The summed E-state index contributed by atoms with van der Waals surface area (Å²) in [5, 5.41) is 1.26. The summed E-state index contributed by atoms with van der Waals surface area (Å²) in [6.07, 6.45) is 2.98. The summed E-state index contributed by atoms with van der Waals surface area (Å²) in [5.41, 5.74) is 3.63. The number of nitrogens with zero attached hydrogens (tertiary/aromatic N) is 2. The van der Waals surface area contributed by atoms with Crippen molar-refractivity contribution < 1.29 is 4.42 Å². The van der Waals surface area contributed by atoms with E-state index in [1.54, 1.807) is 0 Å². The Morgan fingerprint density at radius 3 is 2.67 bits per heavy atom. The van der Waals surface area contributed by atoms with E-state index in [0.717, 1.165) is 38.2 Å². The van der Waals surface area contributed by atoms with E-state index < -0.39 is 0 Å². The summed E-state index contributed by atoms with van der Waals surface area (Å²) in [7, 11) is 2.18. The van der Waals surface area contributed by atoms with Crippen LogP contribution in [0.25, 0.3) is 11.0 Å². The molecule has 0 bridgehead atoms. The van der Waals surface area contributed by atoms with Crippen LogP contribution < -0.4 is 4.90 Å². The lowest BCUT2D eigenvalue weighted by molar-refractivity contribution is 0.313. The highest BCUT2D eigenvalue weighted by molar-refractivity contribution is 5.91. The number of rotatable bonds is 2. The molecule has 0 aliphatic carbocycles. The van der Waals surface area contributed by atoms with Crippen molar-refractivity contribution in [3.05, 3.63) is 30.0 Å². The Kier molecular flexibility index (Phi) is 3.00. The fourth-order valence-corrected chi connectivity index (χ4v) is 2.58. The lowest BCUT2D eigenvalue weighted by Crippen LogP contribution is -2.44. The Morgan fingerprint density at radius 2 is 1.94 bits per heavy atom. The van der Waals surface area contributed by atoms with E-state index in [0.29, 0.717) is 0 Å². The molecule has 1 aromatic heterocycles. The number of anilines is 1. The average Bonchev–Trinajstić information content (AvgIpc) is 2.82. The summed E-state index contributed by atoms with van der Waals surface area (Å²) in [6, 6.07) is 6.51. The molecule has 96 valence electrons. The van der Waals surface area contributed by atoms with Gasteiger partial charge in [-0.15, -0.1) is 0 Å². The summed E-state index contributed by atoms with van der Waals surface area (Å²) < 4.78 is 5.67. The molecule has 0 saturated carbocycles. The second kappa shape index (κ2) is 4.65. The van der Waals surface area contributed by atoms with E-state index >= 15 is 0 Å². The van der Waals surface area contributed by atoms with Crippen molar-refractivity contribution in [2.75, 3.05) is 38.1 Å². The fraction of sp³-hybridized carbons (Fsp3) is 0.467. The van der Waals surface area contributed by atoms with Crippen LogP contribution in [0.2, 0.25) is 0 Å². The molecule has 1 aromatic carbocycles. The third kappa shape index (κ3) is 1.99. The molecule has 0 amide bonds. The Balaban J connectivity index is 1.96. The van der Waals surface area contributed by atoms with Crippen molar-refractivity contribution in [2.24, 2.45) is 0 Å². The first-order chi connectivity index (χ1) is 8.78. The van der Waals surface area contributed by atoms with Crippen LogP contribution in [0, 0.1) is 0 Å². The standard InChI is InChI=1S/C15H20N2O/c1-3-12-4-5-15-13(10-12)14(11-18-15)17-8-6-16(2)7-9-17/h4-5,10-11H,3,6-9H2,1-2H3. The van der Waals surface area contributed by atoms with Crippen LogP contribution in [0.4, 0.5) is 5.69 Å². The molecular weight excluding hydrogens is 224 g/mol. The van der Waals surface area contributed by atoms with E-state index in [9.17, 15) is 0 Å². The van der Waals surface area contributed by atoms with Gasteiger partial charge in [-0.05, 0) is 31.2 Å². The highest BCUT2D eigenvalue weighted by atomic mass is 16.3. The summed E-state index contributed by atoms with van der Waals surface area (Å²) in [4.78, 5) is 4.81. The van der Waals surface area contributed by atoms with Gasteiger partial charge in [0, 0.05) is 31.6 Å². The average molecular weight is 244 g/mol. The molecule has 0 radical (unpaired) electrons. The van der Waals surface area contributed by atoms with Gasteiger partial charge < -0.3 is 14.2 Å². The van der Waals surface area contributed by atoms with Gasteiger partial charge in [0.05, 0.1) is 5.69 Å². The largest absolute Gasteiger partial charge is 0.462 e. The van der Waals surface area contributed by atoms with Crippen molar-refractivity contribution in [1.82, 2.24) is 4.90 Å². The molecule has 0 spiro atoms. The van der Waals surface area contributed by atoms with E-state index in [4.69, 9.17) is 4.42 Å². The van der Waals surface area contributed by atoms with Crippen LogP contribution in [0.5, 0.6) is 0 Å². The molecule has 0 unspecified atom stereocenters. The summed E-state index contributed by atoms with van der Waals surface area (Å²) in [5.74, 6) is 0. The van der Waals surface area contributed by atoms with E-state index in [-0.39, 0.29) is 0 Å². The third-order valence-electron chi connectivity index (χ3n) is 3.87. The van der Waals surface area contributed by atoms with Crippen molar-refractivity contribution in [1.29, 1.82) is 0 Å². The van der Waals surface area contributed by atoms with Crippen LogP contribution in [0.1, 0.15) is 12.5 Å². The quantitative estimate of drug-likeness (QED) is 0.810. The number of fused-ring (bicyclic) bond motifs is 1. The topological polar surface area (TPSA) is 19.6 Å². The zero-order valence-corrected chi connectivity index (χ0v) is 11.1. The van der Waals surface area contributed by atoms with E-state index in [1.165, 1.54) is 16.6 Å². The van der Waals surface area contributed by atoms with Crippen molar-refractivity contribution in [2.45, 2.75) is 13.3 Å². The van der Waals surface area contributed by atoms with Gasteiger partial charge in [0.1, 0.15) is 11.8 Å². The first-order valence-electron chi connectivity index (χ1n) is 6.71. The van der Waals surface area contributed by atoms with Gasteiger partial charge >= 0.3 is 0 Å². The Bertz CT molecular complexity index is 538. The molecule has 1 aliphatic heterocycles. The monoisotopic (exact) mass is 244 g/mol. The normalized spacial score (nSPS) is 17.6. The molecule has 0 atom stereocenters. The number of piperazine rings is 1. The van der Waals surface area contributed by atoms with Crippen molar-refractivity contribution in [3.63, 3.8) is 0 Å². The molecule has 2 heterocycles. The summed E-state index contributed by atoms with van der Waals surface area (Å²) >= 11 is 0. The molecule has 0 N–H and O–H groups in total. The van der Waals surface area contributed by atoms with Gasteiger partial charge in [-0.25, -0.2) is 0 Å².